The first-order chi connectivity index (χ1) is 22.0. The van der Waals surface area contributed by atoms with Gasteiger partial charge in [0.15, 0.2) is 0 Å². The molecule has 6 rings (SSSR count). The molecule has 0 amide bonds. The summed E-state index contributed by atoms with van der Waals surface area (Å²) in [5.74, 6) is -0.170. The van der Waals surface area contributed by atoms with Crippen LogP contribution in [0, 0.1) is 0 Å². The van der Waals surface area contributed by atoms with Crippen molar-refractivity contribution in [2.24, 2.45) is 0 Å². The van der Waals surface area contributed by atoms with E-state index in [1.165, 1.54) is 33.9 Å². The minimum Gasteiger partial charge on any atom is -0.347 e. The molecule has 0 radical (unpaired) electrons. The third kappa shape index (κ3) is 7.26. The first kappa shape index (κ1) is 35.0. The molecule has 0 fully saturated rings. The number of carbonyl (C=O) groups is 2. The predicted octanol–water partition coefficient (Wildman–Crippen LogP) is 8.26. The Morgan fingerprint density at radius 3 is 1.28 bits per heavy atom. The molecular formula is C40H40N4NiO2+2. The molecule has 0 spiro atoms. The van der Waals surface area contributed by atoms with Crippen LogP contribution in [0.3, 0.4) is 0 Å². The van der Waals surface area contributed by atoms with Crippen molar-refractivity contribution in [2.75, 3.05) is 23.9 Å². The topological polar surface area (TPSA) is 66.4 Å². The second-order valence-electron chi connectivity index (χ2n) is 12.4. The first-order valence-electron chi connectivity index (χ1n) is 15.4. The minimum atomic E-state index is -0.0848. The van der Waals surface area contributed by atoms with E-state index in [4.69, 9.17) is 0 Å². The van der Waals surface area contributed by atoms with Gasteiger partial charge >= 0.3 is 16.5 Å². The molecule has 2 aliphatic rings. The van der Waals surface area contributed by atoms with E-state index in [-0.39, 0.29) is 38.9 Å². The molecule has 0 atom stereocenters. The molecule has 0 saturated heterocycles. The minimum absolute atomic E-state index is 0. The molecule has 6 nitrogen and oxygen atoms in total. The van der Waals surface area contributed by atoms with E-state index in [0.29, 0.717) is 11.4 Å². The molecule has 7 heteroatoms. The van der Waals surface area contributed by atoms with Gasteiger partial charge in [-0.2, -0.15) is 0 Å². The van der Waals surface area contributed by atoms with Gasteiger partial charge in [-0.15, -0.1) is 0 Å². The zero-order valence-electron chi connectivity index (χ0n) is 27.6. The molecule has 0 N–H and O–H groups in total. The molecule has 4 heterocycles. The number of hydrogen-bond acceptors (Lipinski definition) is 6. The molecular weight excluding hydrogens is 627 g/mol. The molecule has 2 aliphatic heterocycles. The van der Waals surface area contributed by atoms with Gasteiger partial charge in [0, 0.05) is 60.1 Å². The van der Waals surface area contributed by atoms with Crippen molar-refractivity contribution >= 4 is 22.9 Å². The largest absolute Gasteiger partial charge is 2.00 e. The SMILES string of the molecule is CN1/C(=C\C=C\C(=O)c2ccccn2)C(C)(C)c2ccccc21.CN1/C(=C\C=C\C(=O)c2ccccn2)C(C)(C)c2ccccc21.[Ni+2]. The number of fused-ring (bicyclic) bond motifs is 2. The van der Waals surface area contributed by atoms with Gasteiger partial charge in [0.05, 0.1) is 0 Å². The number of allylic oxidation sites excluding steroid dienone is 8. The van der Waals surface area contributed by atoms with E-state index in [1.54, 1.807) is 48.8 Å². The Bertz CT molecular complexity index is 1720. The van der Waals surface area contributed by atoms with E-state index in [1.807, 2.05) is 36.4 Å². The number of hydrogen-bond donors (Lipinski definition) is 0. The fourth-order valence-electron chi connectivity index (χ4n) is 6.24. The number of ketones is 2. The van der Waals surface area contributed by atoms with Crippen molar-refractivity contribution in [2.45, 2.75) is 38.5 Å². The van der Waals surface area contributed by atoms with E-state index >= 15 is 0 Å². The number of benzene rings is 2. The van der Waals surface area contributed by atoms with Crippen LogP contribution in [0.5, 0.6) is 0 Å². The van der Waals surface area contributed by atoms with Gasteiger partial charge in [-0.3, -0.25) is 19.6 Å². The fourth-order valence-corrected chi connectivity index (χ4v) is 6.24. The molecule has 0 aliphatic carbocycles. The maximum absolute atomic E-state index is 12.1. The van der Waals surface area contributed by atoms with Gasteiger partial charge in [-0.25, -0.2) is 0 Å². The predicted molar refractivity (Wildman–Crippen MR) is 187 cm³/mol. The van der Waals surface area contributed by atoms with E-state index in [2.05, 4.69) is 110 Å². The van der Waals surface area contributed by atoms with Crippen molar-refractivity contribution < 1.29 is 26.1 Å². The average molecular weight is 667 g/mol. The van der Waals surface area contributed by atoms with E-state index in [0.717, 1.165) is 0 Å². The quantitative estimate of drug-likeness (QED) is 0.117. The van der Waals surface area contributed by atoms with Gasteiger partial charge in [-0.05, 0) is 71.8 Å². The van der Waals surface area contributed by atoms with Gasteiger partial charge in [-0.1, -0.05) is 88.4 Å². The van der Waals surface area contributed by atoms with Crippen LogP contribution < -0.4 is 9.80 Å². The second-order valence-corrected chi connectivity index (χ2v) is 12.4. The summed E-state index contributed by atoms with van der Waals surface area (Å²) >= 11 is 0. The second kappa shape index (κ2) is 14.7. The molecule has 240 valence electrons. The van der Waals surface area contributed by atoms with Crippen LogP contribution in [-0.2, 0) is 27.3 Å². The van der Waals surface area contributed by atoms with Gasteiger partial charge in [0.25, 0.3) is 0 Å². The Labute approximate surface area is 288 Å². The van der Waals surface area contributed by atoms with Crippen LogP contribution in [0.2, 0.25) is 0 Å². The monoisotopic (exact) mass is 666 g/mol. The Kier molecular flexibility index (Phi) is 10.9. The van der Waals surface area contributed by atoms with E-state index in [9.17, 15) is 9.59 Å². The third-order valence-electron chi connectivity index (χ3n) is 8.72. The zero-order chi connectivity index (χ0) is 32.9. The summed E-state index contributed by atoms with van der Waals surface area (Å²) in [4.78, 5) is 36.7. The summed E-state index contributed by atoms with van der Waals surface area (Å²) in [7, 11) is 4.13. The maximum Gasteiger partial charge on any atom is 2.00 e. The Balaban J connectivity index is 0.000000208. The molecule has 47 heavy (non-hydrogen) atoms. The molecule has 0 saturated carbocycles. The van der Waals surface area contributed by atoms with Crippen LogP contribution in [0.15, 0.2) is 145 Å². The van der Waals surface area contributed by atoms with Crippen molar-refractivity contribution in [1.29, 1.82) is 0 Å². The van der Waals surface area contributed by atoms with Crippen molar-refractivity contribution in [3.63, 3.8) is 0 Å². The number of carbonyl (C=O) groups excluding carboxylic acids is 2. The summed E-state index contributed by atoms with van der Waals surface area (Å²) in [5, 5.41) is 0. The number of nitrogens with zero attached hydrogens (tertiary/aromatic N) is 4. The van der Waals surface area contributed by atoms with Crippen LogP contribution in [0.4, 0.5) is 11.4 Å². The maximum atomic E-state index is 12.1. The number of aromatic nitrogens is 2. The first-order valence-corrected chi connectivity index (χ1v) is 15.4. The smallest absolute Gasteiger partial charge is 0.347 e. The Hall–Kier alpha value is -4.87. The number of pyridine rings is 2. The fraction of sp³-hybridized carbons (Fsp3) is 0.200. The Morgan fingerprint density at radius 2 is 0.936 bits per heavy atom. The molecule has 0 bridgehead atoms. The van der Waals surface area contributed by atoms with Crippen LogP contribution in [0.1, 0.15) is 59.8 Å². The zero-order valence-corrected chi connectivity index (χ0v) is 28.6. The molecule has 2 aromatic heterocycles. The van der Waals surface area contributed by atoms with Crippen molar-refractivity contribution in [3.8, 4) is 0 Å². The van der Waals surface area contributed by atoms with Crippen molar-refractivity contribution in [1.82, 2.24) is 9.97 Å². The van der Waals surface area contributed by atoms with Gasteiger partial charge < -0.3 is 9.80 Å². The summed E-state index contributed by atoms with van der Waals surface area (Å²) in [5.41, 5.74) is 8.15. The van der Waals surface area contributed by atoms with Crippen molar-refractivity contribution in [3.05, 3.63) is 168 Å². The van der Waals surface area contributed by atoms with Crippen LogP contribution in [-0.4, -0.2) is 35.6 Å². The summed E-state index contributed by atoms with van der Waals surface area (Å²) < 4.78 is 0. The van der Waals surface area contributed by atoms with Gasteiger partial charge in [0.1, 0.15) is 11.4 Å². The number of para-hydroxylation sites is 2. The molecule has 0 unspecified atom stereocenters. The van der Waals surface area contributed by atoms with E-state index < -0.39 is 0 Å². The summed E-state index contributed by atoms with van der Waals surface area (Å²) in [6, 6.07) is 27.5. The van der Waals surface area contributed by atoms with Crippen LogP contribution in [0.25, 0.3) is 0 Å². The summed E-state index contributed by atoms with van der Waals surface area (Å²) in [6.45, 7) is 8.82. The van der Waals surface area contributed by atoms with Crippen LogP contribution >= 0.6 is 0 Å². The number of anilines is 2. The third-order valence-corrected chi connectivity index (χ3v) is 8.72. The number of likely N-dealkylation sites (N-methyl/N-ethyl adjacent to an activating group) is 2. The standard InChI is InChI=1S/2C20H20N2O.Ni/c2*1-20(2)15-9-4-5-11-17(15)22(3)19(20)13-8-12-18(23)16-10-6-7-14-21-16;/h2*4-14H,1-3H3;/q;;+2/b2*12-8+,19-13-;. The normalized spacial score (nSPS) is 17.3. The summed E-state index contributed by atoms with van der Waals surface area (Å²) in [6.07, 6.45) is 14.1. The number of rotatable bonds is 6. The Morgan fingerprint density at radius 1 is 0.574 bits per heavy atom. The van der Waals surface area contributed by atoms with Gasteiger partial charge in [0.2, 0.25) is 11.6 Å². The molecule has 2 aromatic carbocycles. The molecule has 4 aromatic rings. The average Bonchev–Trinajstić information content (AvgIpc) is 3.39.